The van der Waals surface area contributed by atoms with E-state index >= 15 is 0 Å². The average molecular weight is 461 g/mol. The highest BCUT2D eigenvalue weighted by atomic mass is 32.2. The molecule has 1 amide bonds. The summed E-state index contributed by atoms with van der Waals surface area (Å²) < 4.78 is 62.6. The lowest BCUT2D eigenvalue weighted by Crippen LogP contribution is -2.40. The average Bonchev–Trinajstić information content (AvgIpc) is 3.04. The summed E-state index contributed by atoms with van der Waals surface area (Å²) in [6.07, 6.45) is 1.29. The van der Waals surface area contributed by atoms with E-state index in [1.165, 1.54) is 23.9 Å². The second kappa shape index (κ2) is 8.36. The quantitative estimate of drug-likeness (QED) is 0.623. The predicted molar refractivity (Wildman–Crippen MR) is 114 cm³/mol. The number of aryl methyl sites for hydroxylation is 1. The van der Waals surface area contributed by atoms with Crippen LogP contribution in [0.5, 0.6) is 5.75 Å². The molecule has 168 valence electrons. The number of sulfonamides is 1. The molecule has 0 saturated heterocycles. The van der Waals surface area contributed by atoms with Crippen molar-refractivity contribution in [2.75, 3.05) is 11.9 Å². The number of carbonyl (C=O) groups is 1. The molecule has 2 heterocycles. The third-order valence-electron chi connectivity index (χ3n) is 5.43. The van der Waals surface area contributed by atoms with E-state index in [2.05, 4.69) is 10.0 Å². The highest BCUT2D eigenvalue weighted by molar-refractivity contribution is 7.89. The molecule has 10 heteroatoms. The van der Waals surface area contributed by atoms with E-state index in [-0.39, 0.29) is 34.6 Å². The van der Waals surface area contributed by atoms with Gasteiger partial charge in [-0.2, -0.15) is 0 Å². The van der Waals surface area contributed by atoms with Crippen LogP contribution < -0.4 is 14.8 Å². The number of benzene rings is 2. The van der Waals surface area contributed by atoms with Crippen LogP contribution in [0.2, 0.25) is 0 Å². The van der Waals surface area contributed by atoms with Crippen molar-refractivity contribution in [3.05, 3.63) is 77.6 Å². The van der Waals surface area contributed by atoms with Gasteiger partial charge >= 0.3 is 0 Å². The van der Waals surface area contributed by atoms with Gasteiger partial charge in [-0.15, -0.1) is 0 Å². The first-order valence-corrected chi connectivity index (χ1v) is 11.3. The zero-order valence-corrected chi connectivity index (χ0v) is 18.1. The van der Waals surface area contributed by atoms with E-state index in [1.807, 2.05) is 37.3 Å². The Morgan fingerprint density at radius 1 is 1.19 bits per heavy atom. The van der Waals surface area contributed by atoms with E-state index in [4.69, 9.17) is 4.74 Å². The number of hydrogen-bond acceptors (Lipinski definition) is 4. The van der Waals surface area contributed by atoms with Crippen LogP contribution in [0.3, 0.4) is 0 Å². The lowest BCUT2D eigenvalue weighted by atomic mass is 9.94. The molecular weight excluding hydrogens is 440 g/mol. The minimum absolute atomic E-state index is 0.00222. The van der Waals surface area contributed by atoms with Crippen LogP contribution in [0.15, 0.2) is 59.6 Å². The normalized spacial score (nSPS) is 18.2. The van der Waals surface area contributed by atoms with Crippen LogP contribution >= 0.6 is 0 Å². The Kier molecular flexibility index (Phi) is 5.74. The number of rotatable bonds is 4. The number of ether oxygens (including phenoxy) is 1. The monoisotopic (exact) mass is 461 g/mol. The molecule has 1 aliphatic rings. The molecular formula is C22H21F2N3O4S. The Morgan fingerprint density at radius 3 is 2.59 bits per heavy atom. The molecule has 0 fully saturated rings. The molecule has 2 aromatic carbocycles. The Morgan fingerprint density at radius 2 is 1.91 bits per heavy atom. The van der Waals surface area contributed by atoms with Crippen LogP contribution in [-0.2, 0) is 17.1 Å². The van der Waals surface area contributed by atoms with Crippen LogP contribution in [0.4, 0.5) is 14.5 Å². The van der Waals surface area contributed by atoms with Crippen molar-refractivity contribution in [1.82, 2.24) is 9.29 Å². The SMILES string of the molecule is C[C@@H](c1ccccc1)[C@@H]1COc2c(cn(C)c2C(=O)Nc2ccc(F)c(F)c2)S(=O)(=O)N1. The maximum Gasteiger partial charge on any atom is 0.276 e. The predicted octanol–water partition coefficient (Wildman–Crippen LogP) is 3.40. The van der Waals surface area contributed by atoms with Crippen molar-refractivity contribution >= 4 is 21.6 Å². The Bertz CT molecular complexity index is 1280. The number of nitrogens with one attached hydrogen (secondary N) is 2. The number of aromatic nitrogens is 1. The van der Waals surface area contributed by atoms with Crippen LogP contribution in [-0.4, -0.2) is 31.5 Å². The number of carbonyl (C=O) groups excluding carboxylic acids is 1. The summed E-state index contributed by atoms with van der Waals surface area (Å²) in [6.45, 7) is 1.89. The minimum Gasteiger partial charge on any atom is -0.488 e. The van der Waals surface area contributed by atoms with E-state index in [9.17, 15) is 22.0 Å². The van der Waals surface area contributed by atoms with Crippen LogP contribution in [0, 0.1) is 11.6 Å². The van der Waals surface area contributed by atoms with Gasteiger partial charge in [0.2, 0.25) is 10.0 Å². The zero-order valence-electron chi connectivity index (χ0n) is 17.3. The summed E-state index contributed by atoms with van der Waals surface area (Å²) in [5.74, 6) is -3.17. The second-order valence-corrected chi connectivity index (χ2v) is 9.29. The first-order valence-electron chi connectivity index (χ1n) is 9.83. The largest absolute Gasteiger partial charge is 0.488 e. The molecule has 0 radical (unpaired) electrons. The van der Waals surface area contributed by atoms with Crippen molar-refractivity contribution in [3.63, 3.8) is 0 Å². The number of halogens is 2. The Hall–Kier alpha value is -3.24. The molecule has 2 atom stereocenters. The first kappa shape index (κ1) is 22.0. The van der Waals surface area contributed by atoms with Crippen molar-refractivity contribution in [2.24, 2.45) is 7.05 Å². The number of hydrogen-bond donors (Lipinski definition) is 2. The number of fused-ring (bicyclic) bond motifs is 1. The fraction of sp³-hybridized carbons (Fsp3) is 0.227. The van der Waals surface area contributed by atoms with Gasteiger partial charge in [-0.05, 0) is 17.7 Å². The molecule has 1 aromatic heterocycles. The lowest BCUT2D eigenvalue weighted by molar-refractivity contribution is 0.101. The first-order chi connectivity index (χ1) is 15.2. The third-order valence-corrected chi connectivity index (χ3v) is 6.91. The summed E-state index contributed by atoms with van der Waals surface area (Å²) in [5.41, 5.74) is 0.907. The maximum absolute atomic E-state index is 13.5. The van der Waals surface area contributed by atoms with Gasteiger partial charge in [-0.3, -0.25) is 4.79 Å². The molecule has 32 heavy (non-hydrogen) atoms. The highest BCUT2D eigenvalue weighted by Gasteiger charge is 2.36. The summed E-state index contributed by atoms with van der Waals surface area (Å²) >= 11 is 0. The highest BCUT2D eigenvalue weighted by Crippen LogP contribution is 2.34. The van der Waals surface area contributed by atoms with Crippen molar-refractivity contribution in [2.45, 2.75) is 23.8 Å². The van der Waals surface area contributed by atoms with Gasteiger partial charge in [-0.25, -0.2) is 21.9 Å². The van der Waals surface area contributed by atoms with E-state index in [0.29, 0.717) is 0 Å². The van der Waals surface area contributed by atoms with Gasteiger partial charge in [0.1, 0.15) is 11.5 Å². The summed E-state index contributed by atoms with van der Waals surface area (Å²) in [7, 11) is -2.49. The van der Waals surface area contributed by atoms with Crippen molar-refractivity contribution in [1.29, 1.82) is 0 Å². The second-order valence-electron chi connectivity index (χ2n) is 7.60. The smallest absolute Gasteiger partial charge is 0.276 e. The topological polar surface area (TPSA) is 89.4 Å². The molecule has 3 aromatic rings. The maximum atomic E-state index is 13.5. The van der Waals surface area contributed by atoms with Crippen molar-refractivity contribution in [3.8, 4) is 5.75 Å². The van der Waals surface area contributed by atoms with Gasteiger partial charge in [0.15, 0.2) is 23.1 Å². The Labute approximate surface area is 184 Å². The van der Waals surface area contributed by atoms with Gasteiger partial charge in [0.25, 0.3) is 5.91 Å². The van der Waals surface area contributed by atoms with Gasteiger partial charge in [0.05, 0.1) is 6.04 Å². The van der Waals surface area contributed by atoms with E-state index < -0.39 is 33.6 Å². The number of anilines is 1. The molecule has 0 aliphatic carbocycles. The molecule has 7 nitrogen and oxygen atoms in total. The van der Waals surface area contributed by atoms with Gasteiger partial charge in [0, 0.05) is 30.9 Å². The minimum atomic E-state index is -3.99. The van der Waals surface area contributed by atoms with E-state index in [1.54, 1.807) is 0 Å². The summed E-state index contributed by atoms with van der Waals surface area (Å²) in [5, 5.41) is 2.45. The number of amides is 1. The summed E-state index contributed by atoms with van der Waals surface area (Å²) in [4.78, 5) is 12.7. The zero-order chi connectivity index (χ0) is 23.0. The molecule has 0 bridgehead atoms. The number of nitrogens with zero attached hydrogens (tertiary/aromatic N) is 1. The van der Waals surface area contributed by atoms with E-state index in [0.717, 1.165) is 17.7 Å². The molecule has 1 aliphatic heterocycles. The standard InChI is InChI=1S/C22H21F2N3O4S/c1-13(14-6-4-3-5-7-14)18-12-31-21-19(32(29,30)26-18)11-27(2)20(21)22(28)25-15-8-9-16(23)17(24)10-15/h3-11,13,18,26H,12H2,1-2H3,(H,25,28)/t13-,18-/m0/s1. The van der Waals surface area contributed by atoms with Gasteiger partial charge in [-0.1, -0.05) is 37.3 Å². The Balaban J connectivity index is 1.64. The summed E-state index contributed by atoms with van der Waals surface area (Å²) in [6, 6.07) is 11.8. The molecule has 4 rings (SSSR count). The van der Waals surface area contributed by atoms with Crippen LogP contribution in [0.1, 0.15) is 28.9 Å². The third kappa shape index (κ3) is 4.11. The van der Waals surface area contributed by atoms with Crippen molar-refractivity contribution < 1.29 is 26.7 Å². The molecule has 0 spiro atoms. The van der Waals surface area contributed by atoms with Crippen LogP contribution in [0.25, 0.3) is 0 Å². The fourth-order valence-electron chi connectivity index (χ4n) is 3.64. The lowest BCUT2D eigenvalue weighted by Gasteiger charge is -2.23. The molecule has 0 saturated carbocycles. The fourth-order valence-corrected chi connectivity index (χ4v) is 5.13. The molecule has 2 N–H and O–H groups in total. The molecule has 0 unspecified atom stereocenters. The van der Waals surface area contributed by atoms with Gasteiger partial charge < -0.3 is 14.6 Å².